The van der Waals surface area contributed by atoms with Crippen LogP contribution >= 0.6 is 0 Å². The van der Waals surface area contributed by atoms with Crippen LogP contribution in [0.25, 0.3) is 5.95 Å². The maximum absolute atomic E-state index is 14.0. The molecule has 0 aliphatic carbocycles. The van der Waals surface area contributed by atoms with Crippen molar-refractivity contribution in [3.63, 3.8) is 0 Å². The van der Waals surface area contributed by atoms with Crippen molar-refractivity contribution in [1.82, 2.24) is 19.7 Å². The lowest BCUT2D eigenvalue weighted by Gasteiger charge is -2.25. The molecular weight excluding hydrogens is 461 g/mol. The van der Waals surface area contributed by atoms with Gasteiger partial charge in [-0.3, -0.25) is 4.79 Å². The molecule has 1 N–H and O–H groups in total. The Morgan fingerprint density at radius 2 is 1.81 bits per heavy atom. The number of aromatic nitrogens is 4. The summed E-state index contributed by atoms with van der Waals surface area (Å²) in [6.45, 7) is 5.76. The second-order valence-corrected chi connectivity index (χ2v) is 8.81. The Hall–Kier alpha value is -4.27. The molecule has 5 rings (SSSR count). The summed E-state index contributed by atoms with van der Waals surface area (Å²) >= 11 is 0. The number of ether oxygens (including phenoxy) is 2. The summed E-state index contributed by atoms with van der Waals surface area (Å²) in [6.07, 6.45) is 0.256. The number of rotatable bonds is 6. The van der Waals surface area contributed by atoms with Crippen molar-refractivity contribution in [2.75, 3.05) is 12.4 Å². The first-order valence-corrected chi connectivity index (χ1v) is 11.6. The molecule has 0 radical (unpaired) electrons. The summed E-state index contributed by atoms with van der Waals surface area (Å²) < 4.78 is 27.0. The zero-order valence-corrected chi connectivity index (χ0v) is 20.5. The number of benzene rings is 2. The molecule has 1 aliphatic rings. The van der Waals surface area contributed by atoms with E-state index < -0.39 is 0 Å². The number of fused-ring (bicyclic) bond motifs is 1. The monoisotopic (exact) mass is 487 g/mol. The summed E-state index contributed by atoms with van der Waals surface area (Å²) in [5.41, 5.74) is 4.64. The van der Waals surface area contributed by atoms with Crippen LogP contribution in [-0.2, 0) is 11.4 Å². The molecule has 2 aromatic heterocycles. The predicted octanol–water partition coefficient (Wildman–Crippen LogP) is 4.79. The molecule has 1 amide bonds. The van der Waals surface area contributed by atoms with Crippen LogP contribution in [0.3, 0.4) is 0 Å². The van der Waals surface area contributed by atoms with Crippen molar-refractivity contribution in [1.29, 1.82) is 0 Å². The summed E-state index contributed by atoms with van der Waals surface area (Å²) in [5, 5.41) is 7.63. The first kappa shape index (κ1) is 23.5. The van der Waals surface area contributed by atoms with Crippen molar-refractivity contribution in [2.45, 2.75) is 39.7 Å². The van der Waals surface area contributed by atoms with Gasteiger partial charge < -0.3 is 14.8 Å². The van der Waals surface area contributed by atoms with Gasteiger partial charge >= 0.3 is 0 Å². The Balaban J connectivity index is 1.50. The quantitative estimate of drug-likeness (QED) is 0.421. The van der Waals surface area contributed by atoms with E-state index >= 15 is 0 Å². The highest BCUT2D eigenvalue weighted by atomic mass is 19.1. The fourth-order valence-corrected chi connectivity index (χ4v) is 4.57. The van der Waals surface area contributed by atoms with Crippen molar-refractivity contribution < 1.29 is 18.7 Å². The normalized spacial score (nSPS) is 14.8. The smallest absolute Gasteiger partial charge is 0.252 e. The second kappa shape index (κ2) is 9.41. The number of methoxy groups -OCH3 is 1. The van der Waals surface area contributed by atoms with E-state index in [0.717, 1.165) is 28.2 Å². The number of anilines is 1. The van der Waals surface area contributed by atoms with Crippen LogP contribution in [-0.4, -0.2) is 32.8 Å². The van der Waals surface area contributed by atoms with Gasteiger partial charge in [-0.05, 0) is 50.6 Å². The molecule has 8 nitrogen and oxygen atoms in total. The Kier molecular flexibility index (Phi) is 6.13. The molecule has 184 valence electrons. The first-order chi connectivity index (χ1) is 17.3. The van der Waals surface area contributed by atoms with Gasteiger partial charge in [0, 0.05) is 34.9 Å². The zero-order chi connectivity index (χ0) is 25.4. The Morgan fingerprint density at radius 3 is 2.53 bits per heavy atom. The average molecular weight is 488 g/mol. The van der Waals surface area contributed by atoms with E-state index in [9.17, 15) is 9.18 Å². The van der Waals surface area contributed by atoms with Gasteiger partial charge in [0.1, 0.15) is 18.2 Å². The van der Waals surface area contributed by atoms with E-state index in [1.165, 1.54) is 6.07 Å². The number of hydrogen-bond donors (Lipinski definition) is 1. The van der Waals surface area contributed by atoms with Gasteiger partial charge in [-0.15, -0.1) is 0 Å². The van der Waals surface area contributed by atoms with Crippen LogP contribution in [0.1, 0.15) is 46.1 Å². The summed E-state index contributed by atoms with van der Waals surface area (Å²) in [4.78, 5) is 21.8. The Morgan fingerprint density at radius 1 is 1.06 bits per heavy atom. The average Bonchev–Trinajstić information content (AvgIpc) is 3.18. The SMILES string of the molecule is COc1cc(C2CC(=O)Nc3c2c(C)nn3-c2nc(C)cc(C)n2)ccc1OCc1ccccc1F. The molecule has 0 spiro atoms. The molecule has 0 saturated carbocycles. The van der Waals surface area contributed by atoms with E-state index in [4.69, 9.17) is 9.47 Å². The third kappa shape index (κ3) is 4.39. The van der Waals surface area contributed by atoms with Gasteiger partial charge in [-0.1, -0.05) is 24.3 Å². The third-order valence-electron chi connectivity index (χ3n) is 6.19. The summed E-state index contributed by atoms with van der Waals surface area (Å²) in [5.74, 6) is 1.26. The highest BCUT2D eigenvalue weighted by Crippen LogP contribution is 2.42. The van der Waals surface area contributed by atoms with E-state index in [0.29, 0.717) is 28.8 Å². The van der Waals surface area contributed by atoms with Crippen LogP contribution in [0.5, 0.6) is 11.5 Å². The standard InChI is InChI=1S/C27H26FN5O3/c1-15-11-16(2)30-27(29-15)33-26-25(17(3)32-33)20(13-24(34)31-26)18-9-10-22(23(12-18)35-4)36-14-19-7-5-6-8-21(19)28/h5-12,20H,13-14H2,1-4H3,(H,31,34). The van der Waals surface area contributed by atoms with Crippen LogP contribution in [0.15, 0.2) is 48.5 Å². The topological polar surface area (TPSA) is 91.2 Å². The second-order valence-electron chi connectivity index (χ2n) is 8.81. The van der Waals surface area contributed by atoms with Gasteiger partial charge in [-0.25, -0.2) is 14.4 Å². The molecule has 1 aliphatic heterocycles. The van der Waals surface area contributed by atoms with Crippen molar-refractivity contribution >= 4 is 11.7 Å². The maximum atomic E-state index is 14.0. The van der Waals surface area contributed by atoms with Crippen LogP contribution in [0.4, 0.5) is 10.2 Å². The molecule has 2 aromatic carbocycles. The number of carbonyl (C=O) groups is 1. The minimum absolute atomic E-state index is 0.0696. The number of halogens is 1. The van der Waals surface area contributed by atoms with Gasteiger partial charge in [0.25, 0.3) is 5.95 Å². The highest BCUT2D eigenvalue weighted by molar-refractivity contribution is 5.95. The number of carbonyl (C=O) groups excluding carboxylic acids is 1. The lowest BCUT2D eigenvalue weighted by Crippen LogP contribution is -2.25. The largest absolute Gasteiger partial charge is 0.493 e. The number of amides is 1. The van der Waals surface area contributed by atoms with Crippen LogP contribution in [0, 0.1) is 26.6 Å². The molecule has 3 heterocycles. The zero-order valence-electron chi connectivity index (χ0n) is 20.5. The fourth-order valence-electron chi connectivity index (χ4n) is 4.57. The molecular formula is C27H26FN5O3. The molecule has 36 heavy (non-hydrogen) atoms. The molecule has 0 saturated heterocycles. The number of nitrogens with one attached hydrogen (secondary N) is 1. The maximum Gasteiger partial charge on any atom is 0.252 e. The van der Waals surface area contributed by atoms with Crippen molar-refractivity contribution in [2.24, 2.45) is 0 Å². The van der Waals surface area contributed by atoms with Gasteiger partial charge in [0.05, 0.1) is 12.8 Å². The summed E-state index contributed by atoms with van der Waals surface area (Å²) in [6, 6.07) is 13.9. The fraction of sp³-hybridized carbons (Fsp3) is 0.259. The lowest BCUT2D eigenvalue weighted by molar-refractivity contribution is -0.116. The third-order valence-corrected chi connectivity index (χ3v) is 6.19. The number of aryl methyl sites for hydroxylation is 3. The molecule has 1 atom stereocenters. The van der Waals surface area contributed by atoms with Crippen LogP contribution < -0.4 is 14.8 Å². The highest BCUT2D eigenvalue weighted by Gasteiger charge is 2.33. The summed E-state index contributed by atoms with van der Waals surface area (Å²) in [7, 11) is 1.55. The molecule has 9 heteroatoms. The van der Waals surface area contributed by atoms with Crippen LogP contribution in [0.2, 0.25) is 0 Å². The molecule has 0 bridgehead atoms. The van der Waals surface area contributed by atoms with Crippen molar-refractivity contribution in [3.8, 4) is 17.4 Å². The first-order valence-electron chi connectivity index (χ1n) is 11.6. The van der Waals surface area contributed by atoms with Gasteiger partial charge in [-0.2, -0.15) is 9.78 Å². The van der Waals surface area contributed by atoms with E-state index in [1.807, 2.05) is 39.0 Å². The van der Waals surface area contributed by atoms with Gasteiger partial charge in [0.2, 0.25) is 5.91 Å². The Labute approximate surface area is 208 Å². The molecule has 0 fully saturated rings. The number of nitrogens with zero attached hydrogens (tertiary/aromatic N) is 4. The van der Waals surface area contributed by atoms with Gasteiger partial charge in [0.15, 0.2) is 11.5 Å². The van der Waals surface area contributed by atoms with E-state index in [2.05, 4.69) is 20.4 Å². The minimum atomic E-state index is -0.325. The Bertz CT molecular complexity index is 1450. The van der Waals surface area contributed by atoms with Crippen molar-refractivity contribution in [3.05, 3.63) is 88.1 Å². The molecule has 4 aromatic rings. The van der Waals surface area contributed by atoms with E-state index in [-0.39, 0.29) is 30.7 Å². The minimum Gasteiger partial charge on any atom is -0.493 e. The number of hydrogen-bond acceptors (Lipinski definition) is 6. The predicted molar refractivity (Wildman–Crippen MR) is 132 cm³/mol. The van der Waals surface area contributed by atoms with E-state index in [1.54, 1.807) is 36.1 Å². The lowest BCUT2D eigenvalue weighted by atomic mass is 9.85. The molecule has 1 unspecified atom stereocenters.